The second-order valence-electron chi connectivity index (χ2n) is 4.64. The highest BCUT2D eigenvalue weighted by atomic mass is 16.5. The molecule has 0 aliphatic rings. The molecule has 0 atom stereocenters. The van der Waals surface area contributed by atoms with Crippen molar-refractivity contribution in [3.63, 3.8) is 0 Å². The van der Waals surface area contributed by atoms with Gasteiger partial charge in [0.15, 0.2) is 0 Å². The van der Waals surface area contributed by atoms with Crippen LogP contribution >= 0.6 is 0 Å². The zero-order valence-electron chi connectivity index (χ0n) is 13.1. The van der Waals surface area contributed by atoms with Crippen LogP contribution in [0.5, 0.6) is 0 Å². The normalized spacial score (nSPS) is 10.8. The molecule has 120 valence electrons. The minimum atomic E-state index is -0.507. The van der Waals surface area contributed by atoms with E-state index in [4.69, 9.17) is 9.47 Å². The van der Waals surface area contributed by atoms with E-state index in [-0.39, 0.29) is 5.91 Å². The number of nitrogens with one attached hydrogen (secondary N) is 2. The van der Waals surface area contributed by atoms with E-state index in [0.29, 0.717) is 23.7 Å². The van der Waals surface area contributed by atoms with Gasteiger partial charge in [-0.1, -0.05) is 19.4 Å². The van der Waals surface area contributed by atoms with Crippen LogP contribution in [0.4, 0.5) is 16.2 Å². The first-order chi connectivity index (χ1) is 10.5. The standard InChI is InChI=1S/C16H22N2O4/c1-4-5-9-22-16(20)18-14-8-6-7-13(11-14)17-15(19)10-12(2)21-3/h6-8,10-11H,4-5,9H2,1-3H3,(H,17,19)(H,18,20). The Kier molecular flexibility index (Phi) is 7.53. The molecule has 0 aliphatic heterocycles. The lowest BCUT2D eigenvalue weighted by Crippen LogP contribution is -2.15. The fourth-order valence-corrected chi connectivity index (χ4v) is 1.56. The first kappa shape index (κ1) is 17.6. The Labute approximate surface area is 130 Å². The molecule has 0 bridgehead atoms. The molecule has 22 heavy (non-hydrogen) atoms. The van der Waals surface area contributed by atoms with Crippen molar-refractivity contribution < 1.29 is 19.1 Å². The number of hydrogen-bond donors (Lipinski definition) is 2. The SMILES string of the molecule is CCCCOC(=O)Nc1cccc(NC(=O)C=C(C)OC)c1. The highest BCUT2D eigenvalue weighted by molar-refractivity contribution is 6.00. The summed E-state index contributed by atoms with van der Waals surface area (Å²) in [6.07, 6.45) is 2.63. The van der Waals surface area contributed by atoms with Crippen LogP contribution in [0.3, 0.4) is 0 Å². The van der Waals surface area contributed by atoms with E-state index < -0.39 is 6.09 Å². The Morgan fingerprint density at radius 1 is 1.23 bits per heavy atom. The number of rotatable bonds is 7. The van der Waals surface area contributed by atoms with Gasteiger partial charge in [0.1, 0.15) is 0 Å². The lowest BCUT2D eigenvalue weighted by Gasteiger charge is -2.08. The number of methoxy groups -OCH3 is 1. The third kappa shape index (κ3) is 6.78. The molecule has 0 aromatic heterocycles. The maximum atomic E-state index is 11.7. The van der Waals surface area contributed by atoms with Gasteiger partial charge in [-0.15, -0.1) is 0 Å². The van der Waals surface area contributed by atoms with E-state index in [9.17, 15) is 9.59 Å². The first-order valence-electron chi connectivity index (χ1n) is 7.12. The number of ether oxygens (including phenoxy) is 2. The maximum absolute atomic E-state index is 11.7. The highest BCUT2D eigenvalue weighted by Gasteiger charge is 2.05. The summed E-state index contributed by atoms with van der Waals surface area (Å²) in [6, 6.07) is 6.81. The number of carbonyl (C=O) groups excluding carboxylic acids is 2. The van der Waals surface area contributed by atoms with Crippen molar-refractivity contribution >= 4 is 23.4 Å². The molecular weight excluding hydrogens is 284 g/mol. The maximum Gasteiger partial charge on any atom is 0.411 e. The Balaban J connectivity index is 2.58. The monoisotopic (exact) mass is 306 g/mol. The van der Waals surface area contributed by atoms with Crippen molar-refractivity contribution in [1.29, 1.82) is 0 Å². The zero-order valence-corrected chi connectivity index (χ0v) is 13.1. The predicted octanol–water partition coefficient (Wildman–Crippen LogP) is 3.52. The van der Waals surface area contributed by atoms with Crippen molar-refractivity contribution in [2.75, 3.05) is 24.4 Å². The Bertz CT molecular complexity index is 541. The van der Waals surface area contributed by atoms with Gasteiger partial charge >= 0.3 is 6.09 Å². The first-order valence-corrected chi connectivity index (χ1v) is 7.12. The minimum absolute atomic E-state index is 0.304. The average Bonchev–Trinajstić information content (AvgIpc) is 2.47. The lowest BCUT2D eigenvalue weighted by molar-refractivity contribution is -0.112. The number of anilines is 2. The number of unbranched alkanes of at least 4 members (excludes halogenated alkanes) is 1. The molecule has 0 unspecified atom stereocenters. The molecule has 0 heterocycles. The number of allylic oxidation sites excluding steroid dienone is 1. The molecule has 2 amide bonds. The predicted molar refractivity (Wildman–Crippen MR) is 85.7 cm³/mol. The molecule has 6 heteroatoms. The summed E-state index contributed by atoms with van der Waals surface area (Å²) in [5, 5.41) is 5.30. The van der Waals surface area contributed by atoms with E-state index in [0.717, 1.165) is 12.8 Å². The van der Waals surface area contributed by atoms with Crippen molar-refractivity contribution in [3.8, 4) is 0 Å². The van der Waals surface area contributed by atoms with Crippen molar-refractivity contribution in [3.05, 3.63) is 36.1 Å². The summed E-state index contributed by atoms with van der Waals surface area (Å²) in [5.74, 6) is 0.202. The van der Waals surface area contributed by atoms with Gasteiger partial charge in [0.2, 0.25) is 0 Å². The second-order valence-corrected chi connectivity index (χ2v) is 4.64. The molecule has 2 N–H and O–H groups in total. The van der Waals surface area contributed by atoms with Gasteiger partial charge in [0, 0.05) is 17.5 Å². The highest BCUT2D eigenvalue weighted by Crippen LogP contribution is 2.15. The van der Waals surface area contributed by atoms with Crippen molar-refractivity contribution in [1.82, 2.24) is 0 Å². The molecule has 0 aliphatic carbocycles. The van der Waals surface area contributed by atoms with Crippen LogP contribution in [0, 0.1) is 0 Å². The molecule has 1 aromatic carbocycles. The van der Waals surface area contributed by atoms with Crippen LogP contribution in [-0.2, 0) is 14.3 Å². The lowest BCUT2D eigenvalue weighted by atomic mass is 10.2. The third-order valence-corrected chi connectivity index (χ3v) is 2.76. The number of hydrogen-bond acceptors (Lipinski definition) is 4. The molecular formula is C16H22N2O4. The zero-order chi connectivity index (χ0) is 16.4. The van der Waals surface area contributed by atoms with E-state index in [1.54, 1.807) is 31.2 Å². The number of carbonyl (C=O) groups is 2. The summed E-state index contributed by atoms with van der Waals surface area (Å²) in [7, 11) is 1.49. The molecule has 0 fully saturated rings. The van der Waals surface area contributed by atoms with E-state index >= 15 is 0 Å². The van der Waals surface area contributed by atoms with E-state index in [2.05, 4.69) is 10.6 Å². The van der Waals surface area contributed by atoms with Crippen LogP contribution in [-0.4, -0.2) is 25.7 Å². The van der Waals surface area contributed by atoms with Crippen LogP contribution < -0.4 is 10.6 Å². The molecule has 0 radical (unpaired) electrons. The molecule has 0 saturated heterocycles. The Morgan fingerprint density at radius 2 is 1.91 bits per heavy atom. The van der Waals surface area contributed by atoms with Gasteiger partial charge in [-0.05, 0) is 31.5 Å². The summed E-state index contributed by atoms with van der Waals surface area (Å²) < 4.78 is 9.92. The molecule has 0 spiro atoms. The van der Waals surface area contributed by atoms with E-state index in [1.807, 2.05) is 6.92 Å². The van der Waals surface area contributed by atoms with Crippen molar-refractivity contribution in [2.45, 2.75) is 26.7 Å². The van der Waals surface area contributed by atoms with Gasteiger partial charge in [-0.3, -0.25) is 10.1 Å². The molecule has 1 aromatic rings. The molecule has 1 rings (SSSR count). The average molecular weight is 306 g/mol. The van der Waals surface area contributed by atoms with Gasteiger partial charge in [0.05, 0.1) is 19.5 Å². The molecule has 0 saturated carbocycles. The van der Waals surface area contributed by atoms with Crippen molar-refractivity contribution in [2.24, 2.45) is 0 Å². The summed E-state index contributed by atoms with van der Waals surface area (Å²) in [4.78, 5) is 23.3. The van der Waals surface area contributed by atoms with Gasteiger partial charge < -0.3 is 14.8 Å². The summed E-state index contributed by atoms with van der Waals surface area (Å²) in [5.41, 5.74) is 1.11. The third-order valence-electron chi connectivity index (χ3n) is 2.76. The van der Waals surface area contributed by atoms with Gasteiger partial charge in [-0.25, -0.2) is 4.79 Å². The fourth-order valence-electron chi connectivity index (χ4n) is 1.56. The number of amides is 2. The van der Waals surface area contributed by atoms with Crippen LogP contribution in [0.1, 0.15) is 26.7 Å². The van der Waals surface area contributed by atoms with Gasteiger partial charge in [0.25, 0.3) is 5.91 Å². The summed E-state index contributed by atoms with van der Waals surface area (Å²) in [6.45, 7) is 4.09. The smallest absolute Gasteiger partial charge is 0.411 e. The van der Waals surface area contributed by atoms with Crippen LogP contribution in [0.25, 0.3) is 0 Å². The van der Waals surface area contributed by atoms with Crippen LogP contribution in [0.2, 0.25) is 0 Å². The topological polar surface area (TPSA) is 76.7 Å². The second kappa shape index (κ2) is 9.44. The number of benzene rings is 1. The van der Waals surface area contributed by atoms with E-state index in [1.165, 1.54) is 13.2 Å². The summed E-state index contributed by atoms with van der Waals surface area (Å²) >= 11 is 0. The Morgan fingerprint density at radius 3 is 2.55 bits per heavy atom. The Hall–Kier alpha value is -2.50. The quantitative estimate of drug-likeness (QED) is 0.459. The largest absolute Gasteiger partial charge is 0.501 e. The van der Waals surface area contributed by atoms with Crippen LogP contribution in [0.15, 0.2) is 36.1 Å². The van der Waals surface area contributed by atoms with Gasteiger partial charge in [-0.2, -0.15) is 0 Å². The minimum Gasteiger partial charge on any atom is -0.501 e. The fraction of sp³-hybridized carbons (Fsp3) is 0.375. The molecule has 6 nitrogen and oxygen atoms in total.